The van der Waals surface area contributed by atoms with Crippen molar-refractivity contribution < 1.29 is 13.2 Å². The highest BCUT2D eigenvalue weighted by atomic mass is 35.5. The molecule has 0 bridgehead atoms. The number of aliphatic imine (C=N–C) groups is 1. The lowest BCUT2D eigenvalue weighted by Gasteiger charge is -2.15. The summed E-state index contributed by atoms with van der Waals surface area (Å²) < 4.78 is 38.0. The van der Waals surface area contributed by atoms with Crippen molar-refractivity contribution in [3.05, 3.63) is 28.8 Å². The number of hydrogen-bond donors (Lipinski definition) is 2. The Kier molecular flexibility index (Phi) is 4.35. The zero-order valence-corrected chi connectivity index (χ0v) is 11.5. The van der Waals surface area contributed by atoms with Crippen molar-refractivity contribution >= 4 is 23.2 Å². The molecule has 0 aliphatic heterocycles. The van der Waals surface area contributed by atoms with Crippen molar-refractivity contribution in [2.24, 2.45) is 10.7 Å². The average Bonchev–Trinajstić information content (AvgIpc) is 2.16. The topological polar surface area (TPSA) is 50.4 Å². The number of hydrogen-bond acceptors (Lipinski definition) is 1. The summed E-state index contributed by atoms with van der Waals surface area (Å²) in [7, 11) is 0. The van der Waals surface area contributed by atoms with E-state index >= 15 is 0 Å². The monoisotopic (exact) mass is 293 g/mol. The molecule has 0 saturated heterocycles. The van der Waals surface area contributed by atoms with Crippen LogP contribution in [-0.4, -0.2) is 11.5 Å². The number of anilines is 1. The molecule has 1 rings (SSSR count). The van der Waals surface area contributed by atoms with Gasteiger partial charge >= 0.3 is 6.18 Å². The van der Waals surface area contributed by atoms with E-state index < -0.39 is 17.3 Å². The quantitative estimate of drug-likeness (QED) is 0.610. The average molecular weight is 294 g/mol. The molecule has 0 amide bonds. The second kappa shape index (κ2) is 5.28. The van der Waals surface area contributed by atoms with Gasteiger partial charge in [0.15, 0.2) is 5.96 Å². The minimum Gasteiger partial charge on any atom is -0.370 e. The molecule has 0 aliphatic carbocycles. The third-order valence-corrected chi connectivity index (χ3v) is 2.33. The highest BCUT2D eigenvalue weighted by molar-refractivity contribution is 6.31. The van der Waals surface area contributed by atoms with Crippen LogP contribution in [0.2, 0.25) is 5.02 Å². The second-order valence-corrected chi connectivity index (χ2v) is 5.39. The lowest BCUT2D eigenvalue weighted by molar-refractivity contribution is -0.137. The van der Waals surface area contributed by atoms with Crippen LogP contribution in [0.25, 0.3) is 0 Å². The van der Waals surface area contributed by atoms with Gasteiger partial charge in [-0.25, -0.2) is 4.99 Å². The van der Waals surface area contributed by atoms with Crippen LogP contribution < -0.4 is 11.1 Å². The summed E-state index contributed by atoms with van der Waals surface area (Å²) in [5.41, 5.74) is 4.46. The second-order valence-electron chi connectivity index (χ2n) is 4.99. The van der Waals surface area contributed by atoms with E-state index in [9.17, 15) is 13.2 Å². The number of nitrogens with two attached hydrogens (primary N) is 1. The maximum Gasteiger partial charge on any atom is 0.417 e. The molecule has 3 nitrogen and oxygen atoms in total. The lowest BCUT2D eigenvalue weighted by Crippen LogP contribution is -2.27. The minimum absolute atomic E-state index is 0.0444. The molecule has 0 radical (unpaired) electrons. The first-order chi connectivity index (χ1) is 8.49. The van der Waals surface area contributed by atoms with Crippen LogP contribution in [0.15, 0.2) is 23.2 Å². The van der Waals surface area contributed by atoms with Crippen LogP contribution in [-0.2, 0) is 6.18 Å². The number of benzene rings is 1. The van der Waals surface area contributed by atoms with E-state index in [1.165, 1.54) is 6.07 Å². The Morgan fingerprint density at radius 1 is 1.26 bits per heavy atom. The summed E-state index contributed by atoms with van der Waals surface area (Å²) in [6.45, 7) is 5.47. The number of guanidine groups is 1. The van der Waals surface area contributed by atoms with E-state index in [-0.39, 0.29) is 16.7 Å². The standard InChI is InChI=1S/C12H15ClF3N3/c1-11(2,3)19-10(17)18-7-4-5-9(13)8(6-7)12(14,15)16/h4-6H,1-3H3,(H3,17,18,19). The fourth-order valence-corrected chi connectivity index (χ4v) is 1.58. The third kappa shape index (κ3) is 4.98. The van der Waals surface area contributed by atoms with Gasteiger partial charge in [-0.15, -0.1) is 0 Å². The summed E-state index contributed by atoms with van der Waals surface area (Å²) in [5.74, 6) is 0.0444. The van der Waals surface area contributed by atoms with E-state index in [0.29, 0.717) is 0 Å². The predicted octanol–water partition coefficient (Wildman–Crippen LogP) is 3.88. The molecule has 0 aromatic heterocycles. The first-order valence-electron chi connectivity index (χ1n) is 5.48. The van der Waals surface area contributed by atoms with Crippen LogP contribution in [0.5, 0.6) is 0 Å². The van der Waals surface area contributed by atoms with Gasteiger partial charge in [-0.05, 0) is 39.0 Å². The Morgan fingerprint density at radius 2 is 1.84 bits per heavy atom. The molecule has 0 spiro atoms. The van der Waals surface area contributed by atoms with Crippen molar-refractivity contribution in [3.8, 4) is 0 Å². The molecule has 0 fully saturated rings. The van der Waals surface area contributed by atoms with E-state index in [2.05, 4.69) is 10.3 Å². The molecular weight excluding hydrogens is 279 g/mol. The SMILES string of the molecule is CC(C)(C)N=C(N)Nc1ccc(Cl)c(C(F)(F)F)c1. The Hall–Kier alpha value is -1.43. The lowest BCUT2D eigenvalue weighted by atomic mass is 10.1. The maximum absolute atomic E-state index is 12.7. The van der Waals surface area contributed by atoms with Crippen molar-refractivity contribution in [1.29, 1.82) is 0 Å². The first-order valence-corrected chi connectivity index (χ1v) is 5.86. The van der Waals surface area contributed by atoms with E-state index in [1.807, 2.05) is 20.8 Å². The fraction of sp³-hybridized carbons (Fsp3) is 0.417. The molecule has 0 aliphatic rings. The van der Waals surface area contributed by atoms with Crippen LogP contribution in [0.4, 0.5) is 18.9 Å². The predicted molar refractivity (Wildman–Crippen MR) is 71.5 cm³/mol. The van der Waals surface area contributed by atoms with Crippen molar-refractivity contribution in [2.45, 2.75) is 32.5 Å². The van der Waals surface area contributed by atoms with Crippen molar-refractivity contribution in [1.82, 2.24) is 0 Å². The molecule has 0 saturated carbocycles. The molecule has 0 heterocycles. The van der Waals surface area contributed by atoms with Gasteiger partial charge < -0.3 is 11.1 Å². The maximum atomic E-state index is 12.7. The van der Waals surface area contributed by atoms with Crippen LogP contribution >= 0.6 is 11.6 Å². The van der Waals surface area contributed by atoms with E-state index in [0.717, 1.165) is 12.1 Å². The van der Waals surface area contributed by atoms with Crippen molar-refractivity contribution in [3.63, 3.8) is 0 Å². The highest BCUT2D eigenvalue weighted by Gasteiger charge is 2.33. The Bertz CT molecular complexity index is 490. The molecule has 106 valence electrons. The van der Waals surface area contributed by atoms with Crippen LogP contribution in [0.3, 0.4) is 0 Å². The van der Waals surface area contributed by atoms with E-state index in [4.69, 9.17) is 17.3 Å². The summed E-state index contributed by atoms with van der Waals surface area (Å²) in [4.78, 5) is 4.09. The Balaban J connectivity index is 3.02. The zero-order chi connectivity index (χ0) is 14.8. The molecule has 0 unspecified atom stereocenters. The molecule has 7 heteroatoms. The van der Waals surface area contributed by atoms with Crippen molar-refractivity contribution in [2.75, 3.05) is 5.32 Å². The fourth-order valence-electron chi connectivity index (χ4n) is 1.36. The van der Waals surface area contributed by atoms with Gasteiger partial charge in [-0.1, -0.05) is 11.6 Å². The summed E-state index contributed by atoms with van der Waals surface area (Å²) in [6.07, 6.45) is -4.51. The van der Waals surface area contributed by atoms with Gasteiger partial charge in [0.25, 0.3) is 0 Å². The van der Waals surface area contributed by atoms with Gasteiger partial charge in [0.2, 0.25) is 0 Å². The number of nitrogens with zero attached hydrogens (tertiary/aromatic N) is 1. The number of alkyl halides is 3. The van der Waals surface area contributed by atoms with Crippen LogP contribution in [0.1, 0.15) is 26.3 Å². The van der Waals surface area contributed by atoms with Gasteiger partial charge in [0, 0.05) is 5.69 Å². The molecule has 1 aromatic carbocycles. The van der Waals surface area contributed by atoms with Crippen LogP contribution in [0, 0.1) is 0 Å². The third-order valence-electron chi connectivity index (χ3n) is 2.00. The molecule has 19 heavy (non-hydrogen) atoms. The zero-order valence-electron chi connectivity index (χ0n) is 10.8. The van der Waals surface area contributed by atoms with Gasteiger partial charge in [-0.3, -0.25) is 0 Å². The normalized spacial score (nSPS) is 13.5. The molecular formula is C12H15ClF3N3. The molecule has 3 N–H and O–H groups in total. The summed E-state index contributed by atoms with van der Waals surface area (Å²) in [6, 6.07) is 3.47. The van der Waals surface area contributed by atoms with Gasteiger partial charge in [-0.2, -0.15) is 13.2 Å². The molecule has 1 aromatic rings. The largest absolute Gasteiger partial charge is 0.417 e. The summed E-state index contributed by atoms with van der Waals surface area (Å²) in [5, 5.41) is 2.25. The summed E-state index contributed by atoms with van der Waals surface area (Å²) >= 11 is 5.51. The smallest absolute Gasteiger partial charge is 0.370 e. The number of nitrogens with one attached hydrogen (secondary N) is 1. The van der Waals surface area contributed by atoms with Gasteiger partial charge in [0.1, 0.15) is 0 Å². The molecule has 0 atom stereocenters. The number of halogens is 4. The first kappa shape index (κ1) is 15.6. The number of rotatable bonds is 1. The highest BCUT2D eigenvalue weighted by Crippen LogP contribution is 2.36. The Labute approximate surface area is 114 Å². The van der Waals surface area contributed by atoms with Gasteiger partial charge in [0.05, 0.1) is 16.1 Å². The van der Waals surface area contributed by atoms with E-state index in [1.54, 1.807) is 0 Å². The minimum atomic E-state index is -4.51. The Morgan fingerprint density at radius 3 is 2.32 bits per heavy atom.